The van der Waals surface area contributed by atoms with Gasteiger partial charge in [0.1, 0.15) is 0 Å². The van der Waals surface area contributed by atoms with Crippen LogP contribution in [0.4, 0.5) is 0 Å². The monoisotopic (exact) mass is 388 g/mol. The van der Waals surface area contributed by atoms with E-state index in [4.69, 9.17) is 0 Å². The van der Waals surface area contributed by atoms with Gasteiger partial charge in [-0.1, -0.05) is 86.3 Å². The molecule has 1 aromatic carbocycles. The topological polar surface area (TPSA) is 0 Å². The van der Waals surface area contributed by atoms with E-state index in [1.165, 1.54) is 96.1 Å². The molecule has 1 atom stereocenters. The Kier molecular flexibility index (Phi) is 11.0. The lowest BCUT2D eigenvalue weighted by Gasteiger charge is -2.33. The number of rotatable bonds is 12. The summed E-state index contributed by atoms with van der Waals surface area (Å²) in [6, 6.07) is 5.16. The molecule has 154 valence electrons. The predicted octanol–water partition coefficient (Wildman–Crippen LogP) is 8.17. The van der Waals surface area contributed by atoms with Crippen molar-refractivity contribution in [2.75, 3.05) is 6.16 Å². The van der Waals surface area contributed by atoms with E-state index >= 15 is 0 Å². The fraction of sp³-hybridized carbons (Fsp3) is 0.769. The highest BCUT2D eigenvalue weighted by molar-refractivity contribution is 7.66. The number of unbranched alkanes of at least 4 members (excludes halogenated alkanes) is 3. The summed E-state index contributed by atoms with van der Waals surface area (Å²) in [6.45, 7) is 9.51. The Labute approximate surface area is 171 Å². The Balaban J connectivity index is 2.42. The van der Waals surface area contributed by atoms with Crippen LogP contribution < -0.4 is 5.30 Å². The lowest BCUT2D eigenvalue weighted by molar-refractivity contribution is 0.512. The summed E-state index contributed by atoms with van der Waals surface area (Å²) in [4.78, 5) is 0. The summed E-state index contributed by atoms with van der Waals surface area (Å²) in [5, 5.41) is 1.82. The minimum Gasteiger partial charge on any atom is -0.0721 e. The molecule has 0 saturated heterocycles. The first-order valence-corrected chi connectivity index (χ1v) is 13.8. The molecule has 0 spiro atoms. The van der Waals surface area contributed by atoms with Gasteiger partial charge in [0.05, 0.1) is 0 Å². The maximum absolute atomic E-state index is 2.61. The van der Waals surface area contributed by atoms with Crippen molar-refractivity contribution >= 4 is 13.2 Å². The van der Waals surface area contributed by atoms with Gasteiger partial charge in [-0.05, 0) is 85.2 Å². The lowest BCUT2D eigenvalue weighted by Crippen LogP contribution is -2.23. The molecule has 1 aliphatic rings. The molecule has 0 aliphatic heterocycles. The van der Waals surface area contributed by atoms with Gasteiger partial charge < -0.3 is 0 Å². The predicted molar refractivity (Wildman–Crippen MR) is 126 cm³/mol. The molecule has 0 amide bonds. The minimum absolute atomic E-state index is 0.0345. The molecule has 0 bridgehead atoms. The highest BCUT2D eigenvalue weighted by Gasteiger charge is 2.26. The van der Waals surface area contributed by atoms with Crippen LogP contribution in [0, 0.1) is 0 Å². The Morgan fingerprint density at radius 1 is 0.741 bits per heavy atom. The van der Waals surface area contributed by atoms with Crippen molar-refractivity contribution in [1.82, 2.24) is 0 Å². The fourth-order valence-corrected chi connectivity index (χ4v) is 8.01. The summed E-state index contributed by atoms with van der Waals surface area (Å²) in [5.41, 5.74) is 6.29. The van der Waals surface area contributed by atoms with Crippen LogP contribution in [-0.4, -0.2) is 11.8 Å². The normalized spacial score (nSPS) is 16.6. The maximum Gasteiger partial charge on any atom is -0.0169 e. The van der Waals surface area contributed by atoms with Crippen molar-refractivity contribution in [2.24, 2.45) is 0 Å². The van der Waals surface area contributed by atoms with E-state index in [-0.39, 0.29) is 7.92 Å². The van der Waals surface area contributed by atoms with E-state index in [0.29, 0.717) is 0 Å². The van der Waals surface area contributed by atoms with Crippen molar-refractivity contribution in [1.29, 1.82) is 0 Å². The average molecular weight is 389 g/mol. The van der Waals surface area contributed by atoms with E-state index in [1.54, 1.807) is 11.1 Å². The van der Waals surface area contributed by atoms with Gasteiger partial charge in [-0.3, -0.25) is 0 Å². The van der Waals surface area contributed by atoms with Gasteiger partial charge in [0, 0.05) is 0 Å². The molecule has 1 fully saturated rings. The largest absolute Gasteiger partial charge is 0.0721 e. The van der Waals surface area contributed by atoms with Crippen molar-refractivity contribution in [3.8, 4) is 0 Å². The number of hydrogen-bond donors (Lipinski definition) is 0. The Morgan fingerprint density at radius 2 is 1.33 bits per heavy atom. The molecular weight excluding hydrogens is 343 g/mol. The van der Waals surface area contributed by atoms with Gasteiger partial charge in [-0.15, -0.1) is 0 Å². The number of benzene rings is 1. The number of hydrogen-bond acceptors (Lipinski definition) is 0. The summed E-state index contributed by atoms with van der Waals surface area (Å²) in [5.74, 6) is 0. The van der Waals surface area contributed by atoms with Gasteiger partial charge in [-0.25, -0.2) is 0 Å². The van der Waals surface area contributed by atoms with E-state index in [0.717, 1.165) is 5.66 Å². The molecule has 0 N–H and O–H groups in total. The quantitative estimate of drug-likeness (QED) is 0.317. The van der Waals surface area contributed by atoms with E-state index in [1.807, 2.05) is 10.9 Å². The van der Waals surface area contributed by atoms with Crippen molar-refractivity contribution in [3.63, 3.8) is 0 Å². The van der Waals surface area contributed by atoms with E-state index in [2.05, 4.69) is 39.8 Å². The first-order valence-electron chi connectivity index (χ1n) is 12.2. The molecule has 0 nitrogen and oxygen atoms in total. The molecule has 27 heavy (non-hydrogen) atoms. The second-order valence-corrected chi connectivity index (χ2v) is 11.4. The summed E-state index contributed by atoms with van der Waals surface area (Å²) in [7, 11) is 0.0345. The minimum atomic E-state index is 0.0345. The van der Waals surface area contributed by atoms with Crippen LogP contribution in [0.2, 0.25) is 0 Å². The van der Waals surface area contributed by atoms with Crippen LogP contribution >= 0.6 is 7.92 Å². The Hall–Kier alpha value is -0.350. The highest BCUT2D eigenvalue weighted by Crippen LogP contribution is 2.48. The third-order valence-corrected chi connectivity index (χ3v) is 9.65. The fourth-order valence-electron chi connectivity index (χ4n) is 4.92. The molecule has 1 saturated carbocycles. The van der Waals surface area contributed by atoms with E-state index < -0.39 is 0 Å². The third kappa shape index (κ3) is 6.59. The van der Waals surface area contributed by atoms with Crippen molar-refractivity contribution < 1.29 is 0 Å². The summed E-state index contributed by atoms with van der Waals surface area (Å²) in [6.07, 6.45) is 20.8. The molecule has 1 aliphatic carbocycles. The zero-order valence-electron chi connectivity index (χ0n) is 18.8. The van der Waals surface area contributed by atoms with Crippen molar-refractivity contribution in [2.45, 2.75) is 123 Å². The van der Waals surface area contributed by atoms with Gasteiger partial charge in [0.15, 0.2) is 0 Å². The second kappa shape index (κ2) is 13.0. The van der Waals surface area contributed by atoms with E-state index in [9.17, 15) is 0 Å². The van der Waals surface area contributed by atoms with Gasteiger partial charge >= 0.3 is 0 Å². The van der Waals surface area contributed by atoms with Gasteiger partial charge in [-0.2, -0.15) is 0 Å². The van der Waals surface area contributed by atoms with Crippen LogP contribution in [0.25, 0.3) is 0 Å². The van der Waals surface area contributed by atoms with Crippen LogP contribution in [0.3, 0.4) is 0 Å². The molecular formula is C26H45P. The summed E-state index contributed by atoms with van der Waals surface area (Å²) >= 11 is 0. The molecule has 0 radical (unpaired) electrons. The lowest BCUT2D eigenvalue weighted by atomic mass is 9.91. The first kappa shape index (κ1) is 22.9. The molecule has 1 unspecified atom stereocenters. The van der Waals surface area contributed by atoms with Crippen LogP contribution in [0.1, 0.15) is 115 Å². The molecule has 0 aromatic heterocycles. The molecule has 1 aromatic rings. The zero-order chi connectivity index (χ0) is 19.5. The maximum atomic E-state index is 2.61. The molecule has 2 rings (SSSR count). The molecule has 0 heterocycles. The molecule has 1 heteroatoms. The van der Waals surface area contributed by atoms with Crippen LogP contribution in [-0.2, 0) is 19.3 Å². The van der Waals surface area contributed by atoms with Crippen LogP contribution in [0.15, 0.2) is 12.1 Å². The zero-order valence-corrected chi connectivity index (χ0v) is 19.7. The van der Waals surface area contributed by atoms with Gasteiger partial charge in [0.25, 0.3) is 0 Å². The second-order valence-electron chi connectivity index (χ2n) is 8.59. The van der Waals surface area contributed by atoms with Crippen LogP contribution in [0.5, 0.6) is 0 Å². The smallest absolute Gasteiger partial charge is 0.0169 e. The van der Waals surface area contributed by atoms with Gasteiger partial charge in [0.2, 0.25) is 0 Å². The van der Waals surface area contributed by atoms with Crippen molar-refractivity contribution in [3.05, 3.63) is 28.8 Å². The Morgan fingerprint density at radius 3 is 1.93 bits per heavy atom. The average Bonchev–Trinajstić information content (AvgIpc) is 2.71. The highest BCUT2D eigenvalue weighted by atomic mass is 31.1. The number of aryl methyl sites for hydroxylation is 1. The standard InChI is InChI=1S/C26H45P/c1-5-9-15-22-20-21-26(27(8-4)23-16-13-12-14-17-23)25(19-11-7-3)24(22)18-10-6-2/h20-21,23H,5-19H2,1-4H3. The SMILES string of the molecule is CCCCc1ccc(P(CC)C2CCCCC2)c(CCCC)c1CCCC. The summed E-state index contributed by atoms with van der Waals surface area (Å²) < 4.78 is 0. The third-order valence-electron chi connectivity index (χ3n) is 6.53. The Bertz CT molecular complexity index is 527. The first-order chi connectivity index (χ1) is 13.3.